The SMILES string of the molecule is [Fe].c1ccc(/N=N/c2ccccc2)cc1. The van der Waals surface area contributed by atoms with Gasteiger partial charge in [0.15, 0.2) is 0 Å². The van der Waals surface area contributed by atoms with Gasteiger partial charge in [-0.05, 0) is 24.3 Å². The Kier molecular flexibility index (Phi) is 4.75. The molecule has 15 heavy (non-hydrogen) atoms. The molecule has 0 aliphatic heterocycles. The third-order valence-corrected chi connectivity index (χ3v) is 1.79. The van der Waals surface area contributed by atoms with E-state index in [9.17, 15) is 0 Å². The van der Waals surface area contributed by atoms with Crippen LogP contribution in [-0.4, -0.2) is 0 Å². The molecule has 2 aromatic rings. The minimum atomic E-state index is 0. The van der Waals surface area contributed by atoms with Gasteiger partial charge in [0.2, 0.25) is 0 Å². The van der Waals surface area contributed by atoms with E-state index in [0.717, 1.165) is 11.4 Å². The molecule has 0 atom stereocenters. The Balaban J connectivity index is 0.00000112. The Morgan fingerprint density at radius 1 is 0.533 bits per heavy atom. The van der Waals surface area contributed by atoms with Crippen LogP contribution in [-0.2, 0) is 17.1 Å². The second kappa shape index (κ2) is 6.12. The molecule has 0 aliphatic carbocycles. The minimum Gasteiger partial charge on any atom is -0.151 e. The summed E-state index contributed by atoms with van der Waals surface area (Å²) in [6.45, 7) is 0. The average Bonchev–Trinajstić information content (AvgIpc) is 2.29. The summed E-state index contributed by atoms with van der Waals surface area (Å²) >= 11 is 0. The van der Waals surface area contributed by atoms with Gasteiger partial charge in [0.1, 0.15) is 0 Å². The van der Waals surface area contributed by atoms with E-state index < -0.39 is 0 Å². The van der Waals surface area contributed by atoms with Crippen LogP contribution < -0.4 is 0 Å². The van der Waals surface area contributed by atoms with Crippen LogP contribution in [0.3, 0.4) is 0 Å². The summed E-state index contributed by atoms with van der Waals surface area (Å²) < 4.78 is 0. The normalized spacial score (nSPS) is 9.87. The van der Waals surface area contributed by atoms with Gasteiger partial charge in [-0.1, -0.05) is 36.4 Å². The van der Waals surface area contributed by atoms with E-state index in [4.69, 9.17) is 0 Å². The van der Waals surface area contributed by atoms with Gasteiger partial charge in [0, 0.05) is 17.1 Å². The van der Waals surface area contributed by atoms with Crippen LogP contribution in [0.2, 0.25) is 0 Å². The van der Waals surface area contributed by atoms with Gasteiger partial charge >= 0.3 is 0 Å². The third kappa shape index (κ3) is 3.66. The first kappa shape index (κ1) is 11.6. The zero-order valence-corrected chi connectivity index (χ0v) is 9.13. The molecule has 0 N–H and O–H groups in total. The van der Waals surface area contributed by atoms with E-state index >= 15 is 0 Å². The number of rotatable bonds is 2. The molecule has 0 heterocycles. The molecule has 2 aromatic carbocycles. The van der Waals surface area contributed by atoms with E-state index in [1.807, 2.05) is 60.7 Å². The summed E-state index contributed by atoms with van der Waals surface area (Å²) in [6, 6.07) is 19.4. The summed E-state index contributed by atoms with van der Waals surface area (Å²) in [4.78, 5) is 0. The number of hydrogen-bond acceptors (Lipinski definition) is 2. The van der Waals surface area contributed by atoms with Gasteiger partial charge in [0.05, 0.1) is 11.4 Å². The fourth-order valence-electron chi connectivity index (χ4n) is 1.10. The van der Waals surface area contributed by atoms with Crippen LogP contribution in [0.15, 0.2) is 70.9 Å². The van der Waals surface area contributed by atoms with E-state index in [0.29, 0.717) is 0 Å². The maximum Gasteiger partial charge on any atom is 0.0857 e. The Bertz CT molecular complexity index is 371. The Labute approximate surface area is 99.5 Å². The second-order valence-electron chi connectivity index (χ2n) is 2.87. The van der Waals surface area contributed by atoms with Crippen LogP contribution in [0.5, 0.6) is 0 Å². The standard InChI is InChI=1S/C12H10N2.Fe/c1-3-7-11(8-4-1)13-14-12-9-5-2-6-10-12;/h1-10H;/b14-13+;. The molecule has 0 saturated carbocycles. The molecule has 0 unspecified atom stereocenters. The first-order chi connectivity index (χ1) is 6.95. The quantitative estimate of drug-likeness (QED) is 0.555. The molecule has 3 heteroatoms. The Morgan fingerprint density at radius 2 is 0.867 bits per heavy atom. The molecule has 0 fully saturated rings. The predicted molar refractivity (Wildman–Crippen MR) is 57.1 cm³/mol. The van der Waals surface area contributed by atoms with Crippen molar-refractivity contribution < 1.29 is 17.1 Å². The molecule has 0 radical (unpaired) electrons. The maximum absolute atomic E-state index is 4.10. The fraction of sp³-hybridized carbons (Fsp3) is 0. The third-order valence-electron chi connectivity index (χ3n) is 1.79. The first-order valence-corrected chi connectivity index (χ1v) is 4.47. The smallest absolute Gasteiger partial charge is 0.0857 e. The monoisotopic (exact) mass is 238 g/mol. The van der Waals surface area contributed by atoms with Crippen molar-refractivity contribution in [3.05, 3.63) is 60.7 Å². The summed E-state index contributed by atoms with van der Waals surface area (Å²) in [5.41, 5.74) is 1.74. The molecule has 76 valence electrons. The molecule has 0 aromatic heterocycles. The van der Waals surface area contributed by atoms with Gasteiger partial charge < -0.3 is 0 Å². The van der Waals surface area contributed by atoms with Crippen molar-refractivity contribution >= 4 is 11.4 Å². The van der Waals surface area contributed by atoms with Gasteiger partial charge in [-0.3, -0.25) is 0 Å². The molecular formula is C12H10FeN2. The summed E-state index contributed by atoms with van der Waals surface area (Å²) in [6.07, 6.45) is 0. The van der Waals surface area contributed by atoms with Crippen LogP contribution in [0.1, 0.15) is 0 Å². The van der Waals surface area contributed by atoms with E-state index in [1.54, 1.807) is 0 Å². The Morgan fingerprint density at radius 3 is 1.20 bits per heavy atom. The van der Waals surface area contributed by atoms with Gasteiger partial charge in [0.25, 0.3) is 0 Å². The van der Waals surface area contributed by atoms with Crippen LogP contribution in [0.4, 0.5) is 11.4 Å². The van der Waals surface area contributed by atoms with Crippen molar-refractivity contribution in [2.75, 3.05) is 0 Å². The van der Waals surface area contributed by atoms with E-state index in [-0.39, 0.29) is 17.1 Å². The minimum absolute atomic E-state index is 0. The predicted octanol–water partition coefficient (Wildman–Crippen LogP) is 4.10. The molecule has 0 saturated heterocycles. The molecular weight excluding hydrogens is 228 g/mol. The van der Waals surface area contributed by atoms with Crippen LogP contribution >= 0.6 is 0 Å². The molecule has 2 rings (SSSR count). The van der Waals surface area contributed by atoms with Crippen molar-refractivity contribution in [2.45, 2.75) is 0 Å². The van der Waals surface area contributed by atoms with Crippen LogP contribution in [0.25, 0.3) is 0 Å². The fourth-order valence-corrected chi connectivity index (χ4v) is 1.10. The molecule has 0 amide bonds. The van der Waals surface area contributed by atoms with E-state index in [2.05, 4.69) is 10.2 Å². The Hall–Kier alpha value is -1.44. The van der Waals surface area contributed by atoms with Crippen molar-refractivity contribution in [1.29, 1.82) is 0 Å². The average molecular weight is 238 g/mol. The molecule has 2 nitrogen and oxygen atoms in total. The number of azo groups is 1. The number of hydrogen-bond donors (Lipinski definition) is 0. The van der Waals surface area contributed by atoms with Crippen LogP contribution in [0, 0.1) is 0 Å². The molecule has 0 spiro atoms. The second-order valence-corrected chi connectivity index (χ2v) is 2.87. The summed E-state index contributed by atoms with van der Waals surface area (Å²) in [5.74, 6) is 0. The van der Waals surface area contributed by atoms with Gasteiger partial charge in [-0.15, -0.1) is 0 Å². The van der Waals surface area contributed by atoms with Gasteiger partial charge in [-0.25, -0.2) is 0 Å². The topological polar surface area (TPSA) is 24.7 Å². The zero-order valence-electron chi connectivity index (χ0n) is 8.02. The largest absolute Gasteiger partial charge is 0.151 e. The van der Waals surface area contributed by atoms with Crippen molar-refractivity contribution in [1.82, 2.24) is 0 Å². The van der Waals surface area contributed by atoms with Crippen molar-refractivity contribution in [3.63, 3.8) is 0 Å². The zero-order chi connectivity index (χ0) is 9.64. The number of nitrogens with zero attached hydrogens (tertiary/aromatic N) is 2. The van der Waals surface area contributed by atoms with Gasteiger partial charge in [-0.2, -0.15) is 10.2 Å². The molecule has 0 bridgehead atoms. The first-order valence-electron chi connectivity index (χ1n) is 4.47. The van der Waals surface area contributed by atoms with Crippen molar-refractivity contribution in [2.24, 2.45) is 10.2 Å². The maximum atomic E-state index is 4.10. The van der Waals surface area contributed by atoms with E-state index in [1.165, 1.54) is 0 Å². The van der Waals surface area contributed by atoms with Crippen molar-refractivity contribution in [3.8, 4) is 0 Å². The summed E-state index contributed by atoms with van der Waals surface area (Å²) in [5, 5.41) is 8.20. The summed E-state index contributed by atoms with van der Waals surface area (Å²) in [7, 11) is 0. The molecule has 0 aliphatic rings. The number of benzene rings is 2.